The summed E-state index contributed by atoms with van der Waals surface area (Å²) in [5.74, 6) is -0.437. The quantitative estimate of drug-likeness (QED) is 0.695. The Morgan fingerprint density at radius 2 is 2.23 bits per heavy atom. The van der Waals surface area contributed by atoms with E-state index in [2.05, 4.69) is 0 Å². The molecular formula is C10H11NO2. The first-order valence-corrected chi connectivity index (χ1v) is 4.06. The number of amides is 1. The van der Waals surface area contributed by atoms with E-state index in [-0.39, 0.29) is 0 Å². The molecule has 68 valence electrons. The van der Waals surface area contributed by atoms with Crippen molar-refractivity contribution in [3.05, 3.63) is 35.4 Å². The third-order valence-corrected chi connectivity index (χ3v) is 1.76. The zero-order chi connectivity index (χ0) is 9.68. The van der Waals surface area contributed by atoms with E-state index in [1.807, 2.05) is 6.07 Å². The van der Waals surface area contributed by atoms with Crippen LogP contribution >= 0.6 is 0 Å². The fourth-order valence-electron chi connectivity index (χ4n) is 1.11. The molecule has 1 aromatic carbocycles. The molecular weight excluding hydrogens is 166 g/mol. The van der Waals surface area contributed by atoms with Gasteiger partial charge in [0.25, 0.3) is 0 Å². The summed E-state index contributed by atoms with van der Waals surface area (Å²) in [4.78, 5) is 20.9. The SMILES string of the molecule is NC(=O)c1cccc(CCC=O)c1. The second-order valence-electron chi connectivity index (χ2n) is 2.77. The summed E-state index contributed by atoms with van der Waals surface area (Å²) in [6, 6.07) is 7.01. The maximum absolute atomic E-state index is 10.8. The van der Waals surface area contributed by atoms with Gasteiger partial charge in [0.1, 0.15) is 6.29 Å². The Balaban J connectivity index is 2.79. The second kappa shape index (κ2) is 4.40. The lowest BCUT2D eigenvalue weighted by atomic mass is 10.1. The third kappa shape index (κ3) is 2.71. The number of aldehydes is 1. The normalized spacial score (nSPS) is 9.54. The number of rotatable bonds is 4. The van der Waals surface area contributed by atoms with Crippen LogP contribution in [0.2, 0.25) is 0 Å². The lowest BCUT2D eigenvalue weighted by Crippen LogP contribution is -2.10. The summed E-state index contributed by atoms with van der Waals surface area (Å²) >= 11 is 0. The molecule has 1 aromatic rings. The molecule has 0 aromatic heterocycles. The first-order valence-electron chi connectivity index (χ1n) is 4.06. The minimum Gasteiger partial charge on any atom is -0.366 e. The second-order valence-corrected chi connectivity index (χ2v) is 2.77. The van der Waals surface area contributed by atoms with Crippen molar-refractivity contribution in [3.63, 3.8) is 0 Å². The summed E-state index contributed by atoms with van der Waals surface area (Å²) in [5.41, 5.74) is 6.55. The zero-order valence-electron chi connectivity index (χ0n) is 7.19. The molecule has 0 saturated heterocycles. The van der Waals surface area contributed by atoms with Gasteiger partial charge in [-0.1, -0.05) is 12.1 Å². The minimum absolute atomic E-state index is 0.437. The van der Waals surface area contributed by atoms with E-state index in [0.29, 0.717) is 18.4 Å². The Hall–Kier alpha value is -1.64. The van der Waals surface area contributed by atoms with E-state index < -0.39 is 5.91 Å². The van der Waals surface area contributed by atoms with Crippen molar-refractivity contribution >= 4 is 12.2 Å². The maximum Gasteiger partial charge on any atom is 0.248 e. The lowest BCUT2D eigenvalue weighted by Gasteiger charge is -1.99. The zero-order valence-corrected chi connectivity index (χ0v) is 7.19. The van der Waals surface area contributed by atoms with Crippen molar-refractivity contribution in [3.8, 4) is 0 Å². The lowest BCUT2D eigenvalue weighted by molar-refractivity contribution is -0.107. The highest BCUT2D eigenvalue weighted by Gasteiger charge is 2.00. The molecule has 0 fully saturated rings. The Morgan fingerprint density at radius 3 is 2.85 bits per heavy atom. The van der Waals surface area contributed by atoms with Gasteiger partial charge in [-0.25, -0.2) is 0 Å². The van der Waals surface area contributed by atoms with E-state index in [4.69, 9.17) is 5.73 Å². The fraction of sp³-hybridized carbons (Fsp3) is 0.200. The monoisotopic (exact) mass is 177 g/mol. The van der Waals surface area contributed by atoms with Gasteiger partial charge >= 0.3 is 0 Å². The van der Waals surface area contributed by atoms with E-state index in [1.54, 1.807) is 18.2 Å². The Bertz CT molecular complexity index is 320. The third-order valence-electron chi connectivity index (χ3n) is 1.76. The molecule has 0 aliphatic rings. The highest BCUT2D eigenvalue weighted by molar-refractivity contribution is 5.92. The first kappa shape index (κ1) is 9.45. The van der Waals surface area contributed by atoms with Gasteiger partial charge in [0, 0.05) is 12.0 Å². The largest absolute Gasteiger partial charge is 0.366 e. The predicted molar refractivity (Wildman–Crippen MR) is 49.3 cm³/mol. The summed E-state index contributed by atoms with van der Waals surface area (Å²) in [6.45, 7) is 0. The molecule has 0 aliphatic heterocycles. The summed E-state index contributed by atoms with van der Waals surface area (Å²) < 4.78 is 0. The molecule has 0 heterocycles. The number of carbonyl (C=O) groups is 2. The molecule has 2 N–H and O–H groups in total. The summed E-state index contributed by atoms with van der Waals surface area (Å²) in [7, 11) is 0. The number of hydrogen-bond donors (Lipinski definition) is 1. The van der Waals surface area contributed by atoms with Crippen molar-refractivity contribution in [2.45, 2.75) is 12.8 Å². The van der Waals surface area contributed by atoms with Gasteiger partial charge in [-0.3, -0.25) is 4.79 Å². The van der Waals surface area contributed by atoms with Crippen molar-refractivity contribution < 1.29 is 9.59 Å². The number of aryl methyl sites for hydroxylation is 1. The minimum atomic E-state index is -0.437. The topological polar surface area (TPSA) is 60.2 Å². The van der Waals surface area contributed by atoms with Gasteiger partial charge in [0.15, 0.2) is 0 Å². The van der Waals surface area contributed by atoms with Crippen LogP contribution < -0.4 is 5.73 Å². The molecule has 3 nitrogen and oxygen atoms in total. The molecule has 0 unspecified atom stereocenters. The van der Waals surface area contributed by atoms with Crippen molar-refractivity contribution in [2.75, 3.05) is 0 Å². The number of nitrogens with two attached hydrogens (primary N) is 1. The van der Waals surface area contributed by atoms with Crippen LogP contribution in [-0.4, -0.2) is 12.2 Å². The fourth-order valence-corrected chi connectivity index (χ4v) is 1.11. The summed E-state index contributed by atoms with van der Waals surface area (Å²) in [5, 5.41) is 0. The van der Waals surface area contributed by atoms with Crippen LogP contribution in [0.3, 0.4) is 0 Å². The van der Waals surface area contributed by atoms with Crippen molar-refractivity contribution in [1.82, 2.24) is 0 Å². The van der Waals surface area contributed by atoms with Gasteiger partial charge in [0.05, 0.1) is 0 Å². The maximum atomic E-state index is 10.8. The van der Waals surface area contributed by atoms with Gasteiger partial charge < -0.3 is 10.5 Å². The molecule has 0 atom stereocenters. The number of benzene rings is 1. The van der Waals surface area contributed by atoms with Crippen LogP contribution in [0.25, 0.3) is 0 Å². The molecule has 1 amide bonds. The average molecular weight is 177 g/mol. The van der Waals surface area contributed by atoms with Crippen molar-refractivity contribution in [2.24, 2.45) is 5.73 Å². The smallest absolute Gasteiger partial charge is 0.248 e. The molecule has 3 heteroatoms. The highest BCUT2D eigenvalue weighted by Crippen LogP contribution is 2.06. The molecule has 13 heavy (non-hydrogen) atoms. The van der Waals surface area contributed by atoms with Gasteiger partial charge in [-0.05, 0) is 24.1 Å². The van der Waals surface area contributed by atoms with E-state index in [1.165, 1.54) is 0 Å². The van der Waals surface area contributed by atoms with Gasteiger partial charge in [-0.15, -0.1) is 0 Å². The molecule has 0 bridgehead atoms. The first-order chi connectivity index (χ1) is 6.24. The number of carbonyl (C=O) groups excluding carboxylic acids is 2. The van der Waals surface area contributed by atoms with Crippen LogP contribution in [0, 0.1) is 0 Å². The summed E-state index contributed by atoms with van der Waals surface area (Å²) in [6.07, 6.45) is 1.99. The molecule has 1 rings (SSSR count). The van der Waals surface area contributed by atoms with E-state index in [0.717, 1.165) is 11.8 Å². The Labute approximate surface area is 76.6 Å². The van der Waals surface area contributed by atoms with E-state index in [9.17, 15) is 9.59 Å². The Morgan fingerprint density at radius 1 is 1.46 bits per heavy atom. The van der Waals surface area contributed by atoms with Crippen LogP contribution in [0.15, 0.2) is 24.3 Å². The number of hydrogen-bond acceptors (Lipinski definition) is 2. The standard InChI is InChI=1S/C10H11NO2/c11-10(13)9-5-1-3-8(7-9)4-2-6-12/h1,3,5-7H,2,4H2,(H2,11,13). The van der Waals surface area contributed by atoms with Crippen LogP contribution in [0.4, 0.5) is 0 Å². The molecule has 0 aliphatic carbocycles. The highest BCUT2D eigenvalue weighted by atomic mass is 16.1. The number of primary amides is 1. The van der Waals surface area contributed by atoms with Crippen LogP contribution in [0.5, 0.6) is 0 Å². The molecule has 0 saturated carbocycles. The molecule has 0 spiro atoms. The van der Waals surface area contributed by atoms with E-state index >= 15 is 0 Å². The van der Waals surface area contributed by atoms with Crippen LogP contribution in [0.1, 0.15) is 22.3 Å². The predicted octanol–water partition coefficient (Wildman–Crippen LogP) is 0.917. The van der Waals surface area contributed by atoms with Crippen molar-refractivity contribution in [1.29, 1.82) is 0 Å². The molecule has 0 radical (unpaired) electrons. The van der Waals surface area contributed by atoms with Crippen LogP contribution in [-0.2, 0) is 11.2 Å². The van der Waals surface area contributed by atoms with Gasteiger partial charge in [0.2, 0.25) is 5.91 Å². The average Bonchev–Trinajstić information content (AvgIpc) is 2.15. The Kier molecular flexibility index (Phi) is 3.20. The van der Waals surface area contributed by atoms with Gasteiger partial charge in [-0.2, -0.15) is 0 Å².